The van der Waals surface area contributed by atoms with E-state index in [1.165, 1.54) is 13.8 Å². The molecule has 0 unspecified atom stereocenters. The third-order valence-electron chi connectivity index (χ3n) is 5.15. The number of allylic oxidation sites excluding steroid dienone is 3. The number of ketones is 1. The SMILES string of the molecule is CC1=CC=C2C=C(C(C)C)C(O)=C(O)[C@@]2(O)[C@@H]1CCC(=O)C(C)(C)O. The van der Waals surface area contributed by atoms with Crippen molar-refractivity contribution in [3.8, 4) is 0 Å². The zero-order valence-electron chi connectivity index (χ0n) is 15.5. The Morgan fingerprint density at radius 1 is 1.28 bits per heavy atom. The molecule has 25 heavy (non-hydrogen) atoms. The standard InChI is InChI=1S/C20H28O5/c1-11(2)14-10-13-7-6-12(3)15(8-9-16(21)19(4,5)24)20(13,25)18(23)17(14)22/h6-7,10-11,15,22-25H,8-9H2,1-5H3/t15-,20+/m1/s1. The van der Waals surface area contributed by atoms with Crippen LogP contribution in [-0.4, -0.2) is 37.4 Å². The Labute approximate surface area is 148 Å². The average molecular weight is 348 g/mol. The second-order valence-corrected chi connectivity index (χ2v) is 7.82. The summed E-state index contributed by atoms with van der Waals surface area (Å²) >= 11 is 0. The number of hydrogen-bond donors (Lipinski definition) is 4. The van der Waals surface area contributed by atoms with E-state index in [9.17, 15) is 25.2 Å². The fourth-order valence-electron chi connectivity index (χ4n) is 3.47. The third kappa shape index (κ3) is 3.31. The summed E-state index contributed by atoms with van der Waals surface area (Å²) in [5, 5.41) is 42.1. The number of aliphatic hydroxyl groups excluding tert-OH is 2. The monoisotopic (exact) mass is 348 g/mol. The predicted molar refractivity (Wildman–Crippen MR) is 96.0 cm³/mol. The lowest BCUT2D eigenvalue weighted by molar-refractivity contribution is -0.134. The van der Waals surface area contributed by atoms with Gasteiger partial charge < -0.3 is 20.4 Å². The van der Waals surface area contributed by atoms with E-state index in [4.69, 9.17) is 0 Å². The Hall–Kier alpha value is -1.85. The van der Waals surface area contributed by atoms with Gasteiger partial charge in [0.1, 0.15) is 5.60 Å². The van der Waals surface area contributed by atoms with Gasteiger partial charge in [0.05, 0.1) is 0 Å². The van der Waals surface area contributed by atoms with Gasteiger partial charge in [-0.3, -0.25) is 4.79 Å². The van der Waals surface area contributed by atoms with Gasteiger partial charge in [0.15, 0.2) is 22.9 Å². The van der Waals surface area contributed by atoms with Crippen LogP contribution >= 0.6 is 0 Å². The number of aliphatic hydroxyl groups is 4. The lowest BCUT2D eigenvalue weighted by Crippen LogP contribution is -2.46. The van der Waals surface area contributed by atoms with E-state index in [1.807, 2.05) is 26.8 Å². The van der Waals surface area contributed by atoms with Crippen molar-refractivity contribution in [2.24, 2.45) is 11.8 Å². The van der Waals surface area contributed by atoms with Crippen LogP contribution in [0.3, 0.4) is 0 Å². The lowest BCUT2D eigenvalue weighted by atomic mass is 9.67. The summed E-state index contributed by atoms with van der Waals surface area (Å²) in [5.41, 5.74) is -1.34. The minimum Gasteiger partial charge on any atom is -0.506 e. The Bertz CT molecular complexity index is 700. The minimum absolute atomic E-state index is 0.0187. The topological polar surface area (TPSA) is 98.0 Å². The van der Waals surface area contributed by atoms with Crippen molar-refractivity contribution < 1.29 is 25.2 Å². The van der Waals surface area contributed by atoms with Crippen LogP contribution in [-0.2, 0) is 4.79 Å². The molecule has 0 aromatic carbocycles. The maximum absolute atomic E-state index is 12.1. The summed E-state index contributed by atoms with van der Waals surface area (Å²) in [6.07, 6.45) is 5.60. The van der Waals surface area contributed by atoms with Gasteiger partial charge in [0.2, 0.25) is 0 Å². The average Bonchev–Trinajstić information content (AvgIpc) is 2.50. The minimum atomic E-state index is -1.76. The van der Waals surface area contributed by atoms with E-state index >= 15 is 0 Å². The molecule has 0 fully saturated rings. The molecule has 0 radical (unpaired) electrons. The van der Waals surface area contributed by atoms with Gasteiger partial charge in [-0.1, -0.05) is 31.6 Å². The third-order valence-corrected chi connectivity index (χ3v) is 5.15. The summed E-state index contributed by atoms with van der Waals surface area (Å²) in [5.74, 6) is -1.69. The van der Waals surface area contributed by atoms with Crippen LogP contribution in [0.4, 0.5) is 0 Å². The molecule has 0 heterocycles. The van der Waals surface area contributed by atoms with Crippen molar-refractivity contribution in [3.63, 3.8) is 0 Å². The molecule has 4 N–H and O–H groups in total. The van der Waals surface area contributed by atoms with Crippen LogP contribution in [0.1, 0.15) is 47.5 Å². The molecule has 2 atom stereocenters. The molecule has 0 aromatic rings. The van der Waals surface area contributed by atoms with Gasteiger partial charge >= 0.3 is 0 Å². The number of carbonyl (C=O) groups excluding carboxylic acids is 1. The van der Waals surface area contributed by atoms with Gasteiger partial charge in [-0.15, -0.1) is 0 Å². The second-order valence-electron chi connectivity index (χ2n) is 7.82. The lowest BCUT2D eigenvalue weighted by Gasteiger charge is -2.42. The van der Waals surface area contributed by atoms with Crippen LogP contribution in [0, 0.1) is 11.8 Å². The molecule has 5 heteroatoms. The maximum atomic E-state index is 12.1. The molecular weight excluding hydrogens is 320 g/mol. The summed E-state index contributed by atoms with van der Waals surface area (Å²) in [7, 11) is 0. The van der Waals surface area contributed by atoms with Crippen molar-refractivity contribution in [3.05, 3.63) is 46.5 Å². The zero-order chi connectivity index (χ0) is 19.2. The fourth-order valence-corrected chi connectivity index (χ4v) is 3.47. The molecule has 0 saturated carbocycles. The van der Waals surface area contributed by atoms with Crippen LogP contribution < -0.4 is 0 Å². The van der Waals surface area contributed by atoms with E-state index in [-0.39, 0.29) is 30.3 Å². The first-order chi connectivity index (χ1) is 11.4. The molecule has 2 rings (SSSR count). The molecule has 5 nitrogen and oxygen atoms in total. The first-order valence-electron chi connectivity index (χ1n) is 8.62. The fraction of sp³-hybridized carbons (Fsp3) is 0.550. The van der Waals surface area contributed by atoms with Crippen LogP contribution in [0.25, 0.3) is 0 Å². The predicted octanol–water partition coefficient (Wildman–Crippen LogP) is 3.26. The number of Topliss-reactive ketones (excluding diaryl/α,β-unsaturated/α-hetero) is 1. The van der Waals surface area contributed by atoms with E-state index in [2.05, 4.69) is 0 Å². The zero-order valence-corrected chi connectivity index (χ0v) is 15.5. The molecule has 0 aliphatic heterocycles. The Morgan fingerprint density at radius 2 is 1.88 bits per heavy atom. The highest BCUT2D eigenvalue weighted by molar-refractivity contribution is 5.86. The number of rotatable bonds is 5. The van der Waals surface area contributed by atoms with E-state index in [1.54, 1.807) is 12.2 Å². The smallest absolute Gasteiger partial charge is 0.171 e. The van der Waals surface area contributed by atoms with Crippen molar-refractivity contribution in [1.29, 1.82) is 0 Å². The van der Waals surface area contributed by atoms with Gasteiger partial charge in [-0.25, -0.2) is 0 Å². The largest absolute Gasteiger partial charge is 0.506 e. The van der Waals surface area contributed by atoms with E-state index in [0.29, 0.717) is 11.1 Å². The Balaban J connectivity index is 2.41. The molecule has 0 saturated heterocycles. The van der Waals surface area contributed by atoms with Gasteiger partial charge in [-0.05, 0) is 44.8 Å². The number of carbonyl (C=O) groups is 1. The van der Waals surface area contributed by atoms with E-state index < -0.39 is 22.9 Å². The Morgan fingerprint density at radius 3 is 2.40 bits per heavy atom. The highest BCUT2D eigenvalue weighted by Crippen LogP contribution is 2.47. The first-order valence-corrected chi connectivity index (χ1v) is 8.62. The molecule has 0 aromatic heterocycles. The van der Waals surface area contributed by atoms with Crippen LogP contribution in [0.5, 0.6) is 0 Å². The van der Waals surface area contributed by atoms with Gasteiger partial charge in [0.25, 0.3) is 0 Å². The Kier molecular flexibility index (Phi) is 5.04. The highest BCUT2D eigenvalue weighted by atomic mass is 16.4. The normalized spacial score (nSPS) is 26.9. The van der Waals surface area contributed by atoms with Crippen molar-refractivity contribution in [1.82, 2.24) is 0 Å². The summed E-state index contributed by atoms with van der Waals surface area (Å²) in [4.78, 5) is 12.1. The van der Waals surface area contributed by atoms with Crippen molar-refractivity contribution in [2.45, 2.75) is 58.7 Å². The second kappa shape index (κ2) is 6.46. The molecule has 0 spiro atoms. The number of hydrogen-bond acceptors (Lipinski definition) is 5. The summed E-state index contributed by atoms with van der Waals surface area (Å²) in [6.45, 7) is 8.46. The van der Waals surface area contributed by atoms with Crippen LogP contribution in [0.15, 0.2) is 46.5 Å². The number of fused-ring (bicyclic) bond motifs is 1. The van der Waals surface area contributed by atoms with Crippen molar-refractivity contribution in [2.75, 3.05) is 0 Å². The van der Waals surface area contributed by atoms with Crippen molar-refractivity contribution >= 4 is 5.78 Å². The molecule has 138 valence electrons. The summed E-state index contributed by atoms with van der Waals surface area (Å²) < 4.78 is 0. The quantitative estimate of drug-likeness (QED) is 0.611. The molecular formula is C20H28O5. The highest BCUT2D eigenvalue weighted by Gasteiger charge is 2.49. The molecule has 0 bridgehead atoms. The molecule has 2 aliphatic rings. The van der Waals surface area contributed by atoms with Gasteiger partial charge in [-0.2, -0.15) is 0 Å². The molecule has 0 amide bonds. The first kappa shape index (κ1) is 19.5. The van der Waals surface area contributed by atoms with Gasteiger partial charge in [0, 0.05) is 17.9 Å². The van der Waals surface area contributed by atoms with E-state index in [0.717, 1.165) is 5.57 Å². The van der Waals surface area contributed by atoms with Crippen LogP contribution in [0.2, 0.25) is 0 Å². The maximum Gasteiger partial charge on any atom is 0.171 e. The summed E-state index contributed by atoms with van der Waals surface area (Å²) in [6, 6.07) is 0. The molecule has 2 aliphatic carbocycles.